The number of methoxy groups -OCH3 is 1. The van der Waals surface area contributed by atoms with Crippen LogP contribution in [0.1, 0.15) is 21.5 Å². The normalized spacial score (nSPS) is 10.3. The number of aromatic nitrogens is 2. The van der Waals surface area contributed by atoms with E-state index in [1.165, 1.54) is 12.7 Å². The first-order valence-corrected chi connectivity index (χ1v) is 8.70. The van der Waals surface area contributed by atoms with E-state index in [0.717, 1.165) is 5.56 Å². The Labute approximate surface area is 162 Å². The first kappa shape index (κ1) is 18.7. The number of anilines is 3. The van der Waals surface area contributed by atoms with Crippen molar-refractivity contribution in [2.45, 2.75) is 13.5 Å². The molecule has 2 N–H and O–H groups in total. The highest BCUT2D eigenvalue weighted by molar-refractivity contribution is 6.33. The quantitative estimate of drug-likeness (QED) is 0.608. The van der Waals surface area contributed by atoms with Gasteiger partial charge in [-0.1, -0.05) is 41.4 Å². The standard InChI is InChI=1S/C20H19ClN4O2/c1-13-4-3-5-14(10-13)12-23-20-22-9-8-18(25-20)24-17-11-15(19(26)27-2)6-7-16(17)21/h3-11H,12H2,1-2H3,(H2,22,23,24,25). The van der Waals surface area contributed by atoms with Crippen molar-refractivity contribution in [1.82, 2.24) is 9.97 Å². The minimum Gasteiger partial charge on any atom is -0.465 e. The molecule has 0 saturated heterocycles. The van der Waals surface area contributed by atoms with Crippen LogP contribution in [0.25, 0.3) is 0 Å². The zero-order chi connectivity index (χ0) is 19.2. The molecule has 0 aliphatic rings. The monoisotopic (exact) mass is 382 g/mol. The molecule has 0 aliphatic heterocycles. The lowest BCUT2D eigenvalue weighted by Gasteiger charge is -2.11. The molecular weight excluding hydrogens is 364 g/mol. The third-order valence-electron chi connectivity index (χ3n) is 3.84. The van der Waals surface area contributed by atoms with Crippen LogP contribution in [0.15, 0.2) is 54.7 Å². The Kier molecular flexibility index (Phi) is 5.88. The number of nitrogens with one attached hydrogen (secondary N) is 2. The fourth-order valence-electron chi connectivity index (χ4n) is 2.52. The van der Waals surface area contributed by atoms with Crippen LogP contribution in [0.4, 0.5) is 17.5 Å². The van der Waals surface area contributed by atoms with Gasteiger partial charge < -0.3 is 15.4 Å². The maximum absolute atomic E-state index is 11.7. The molecule has 0 fully saturated rings. The highest BCUT2D eigenvalue weighted by Gasteiger charge is 2.10. The van der Waals surface area contributed by atoms with Gasteiger partial charge in [0.15, 0.2) is 0 Å². The van der Waals surface area contributed by atoms with E-state index < -0.39 is 5.97 Å². The fraction of sp³-hybridized carbons (Fsp3) is 0.150. The molecule has 0 atom stereocenters. The molecule has 0 radical (unpaired) electrons. The number of aryl methyl sites for hydroxylation is 1. The van der Waals surface area contributed by atoms with Gasteiger partial charge in [-0.3, -0.25) is 0 Å². The van der Waals surface area contributed by atoms with Crippen LogP contribution >= 0.6 is 11.6 Å². The highest BCUT2D eigenvalue weighted by atomic mass is 35.5. The molecule has 7 heteroatoms. The SMILES string of the molecule is COC(=O)c1ccc(Cl)c(Nc2ccnc(NCc3cccc(C)c3)n2)c1. The third-order valence-corrected chi connectivity index (χ3v) is 4.17. The minimum absolute atomic E-state index is 0.399. The molecule has 0 amide bonds. The summed E-state index contributed by atoms with van der Waals surface area (Å²) in [5.41, 5.74) is 3.30. The zero-order valence-corrected chi connectivity index (χ0v) is 15.7. The van der Waals surface area contributed by atoms with Crippen molar-refractivity contribution in [3.05, 3.63) is 76.4 Å². The smallest absolute Gasteiger partial charge is 0.337 e. The number of rotatable bonds is 6. The zero-order valence-electron chi connectivity index (χ0n) is 15.0. The van der Waals surface area contributed by atoms with E-state index in [4.69, 9.17) is 16.3 Å². The van der Waals surface area contributed by atoms with Crippen LogP contribution in [0, 0.1) is 6.92 Å². The van der Waals surface area contributed by atoms with E-state index in [0.29, 0.717) is 34.6 Å². The second-order valence-corrected chi connectivity index (χ2v) is 6.33. The van der Waals surface area contributed by atoms with Crippen LogP contribution in [0.2, 0.25) is 5.02 Å². The lowest BCUT2D eigenvalue weighted by Crippen LogP contribution is -2.06. The Balaban J connectivity index is 1.73. The van der Waals surface area contributed by atoms with E-state index in [2.05, 4.69) is 39.7 Å². The average molecular weight is 383 g/mol. The summed E-state index contributed by atoms with van der Waals surface area (Å²) in [5.74, 6) is 0.611. The maximum atomic E-state index is 11.7. The number of halogens is 1. The van der Waals surface area contributed by atoms with Gasteiger partial charge in [0.2, 0.25) is 5.95 Å². The number of nitrogens with zero attached hydrogens (tertiary/aromatic N) is 2. The van der Waals surface area contributed by atoms with Gasteiger partial charge in [-0.05, 0) is 36.8 Å². The number of hydrogen-bond donors (Lipinski definition) is 2. The first-order valence-electron chi connectivity index (χ1n) is 8.32. The van der Waals surface area contributed by atoms with Crippen molar-refractivity contribution in [3.63, 3.8) is 0 Å². The Morgan fingerprint density at radius 2 is 2.04 bits per heavy atom. The molecule has 3 aromatic rings. The molecule has 1 heterocycles. The van der Waals surface area contributed by atoms with Gasteiger partial charge in [0, 0.05) is 12.7 Å². The molecule has 0 aliphatic carbocycles. The second kappa shape index (κ2) is 8.51. The number of carbonyl (C=O) groups is 1. The predicted octanol–water partition coefficient (Wildman–Crippen LogP) is 4.58. The van der Waals surface area contributed by atoms with Crippen molar-refractivity contribution in [1.29, 1.82) is 0 Å². The Morgan fingerprint density at radius 1 is 1.19 bits per heavy atom. The molecule has 3 rings (SSSR count). The summed E-state index contributed by atoms with van der Waals surface area (Å²) in [6, 6.07) is 14.8. The molecule has 0 spiro atoms. The number of benzene rings is 2. The third kappa shape index (κ3) is 4.95. The molecule has 27 heavy (non-hydrogen) atoms. The summed E-state index contributed by atoms with van der Waals surface area (Å²) in [7, 11) is 1.33. The van der Waals surface area contributed by atoms with Gasteiger partial charge in [-0.15, -0.1) is 0 Å². The molecular formula is C20H19ClN4O2. The van der Waals surface area contributed by atoms with Crippen molar-refractivity contribution in [2.75, 3.05) is 17.7 Å². The number of esters is 1. The summed E-state index contributed by atoms with van der Waals surface area (Å²) in [5, 5.41) is 6.77. The molecule has 0 bridgehead atoms. The van der Waals surface area contributed by atoms with Crippen LogP contribution in [-0.2, 0) is 11.3 Å². The summed E-state index contributed by atoms with van der Waals surface area (Å²) in [6.45, 7) is 2.67. The maximum Gasteiger partial charge on any atom is 0.337 e. The topological polar surface area (TPSA) is 76.1 Å². The van der Waals surface area contributed by atoms with E-state index in [1.807, 2.05) is 12.1 Å². The summed E-state index contributed by atoms with van der Waals surface area (Å²) in [4.78, 5) is 20.4. The van der Waals surface area contributed by atoms with Crippen molar-refractivity contribution >= 4 is 35.0 Å². The number of hydrogen-bond acceptors (Lipinski definition) is 6. The van der Waals surface area contributed by atoms with E-state index in [-0.39, 0.29) is 0 Å². The Morgan fingerprint density at radius 3 is 2.81 bits per heavy atom. The minimum atomic E-state index is -0.432. The number of ether oxygens (including phenoxy) is 1. The highest BCUT2D eigenvalue weighted by Crippen LogP contribution is 2.26. The van der Waals surface area contributed by atoms with Gasteiger partial charge in [0.1, 0.15) is 5.82 Å². The largest absolute Gasteiger partial charge is 0.465 e. The first-order chi connectivity index (χ1) is 13.0. The van der Waals surface area contributed by atoms with Crippen molar-refractivity contribution in [2.24, 2.45) is 0 Å². The van der Waals surface area contributed by atoms with Crippen molar-refractivity contribution in [3.8, 4) is 0 Å². The molecule has 0 saturated carbocycles. The van der Waals surface area contributed by atoms with Crippen molar-refractivity contribution < 1.29 is 9.53 Å². The van der Waals surface area contributed by atoms with Crippen LogP contribution in [0.3, 0.4) is 0 Å². The molecule has 1 aromatic heterocycles. The molecule has 138 valence electrons. The summed E-state index contributed by atoms with van der Waals surface area (Å²) in [6.07, 6.45) is 1.64. The van der Waals surface area contributed by atoms with E-state index >= 15 is 0 Å². The lowest BCUT2D eigenvalue weighted by molar-refractivity contribution is 0.0601. The van der Waals surface area contributed by atoms with E-state index in [9.17, 15) is 4.79 Å². The van der Waals surface area contributed by atoms with Gasteiger partial charge in [-0.25, -0.2) is 9.78 Å². The van der Waals surface area contributed by atoms with E-state index in [1.54, 1.807) is 30.5 Å². The lowest BCUT2D eigenvalue weighted by atomic mass is 10.1. The summed E-state index contributed by atoms with van der Waals surface area (Å²) >= 11 is 6.22. The van der Waals surface area contributed by atoms with Gasteiger partial charge in [0.25, 0.3) is 0 Å². The average Bonchev–Trinajstić information content (AvgIpc) is 2.68. The Hall–Kier alpha value is -3.12. The van der Waals surface area contributed by atoms with Crippen LogP contribution in [-0.4, -0.2) is 23.0 Å². The summed E-state index contributed by atoms with van der Waals surface area (Å²) < 4.78 is 4.74. The van der Waals surface area contributed by atoms with Crippen LogP contribution < -0.4 is 10.6 Å². The second-order valence-electron chi connectivity index (χ2n) is 5.92. The van der Waals surface area contributed by atoms with Gasteiger partial charge >= 0.3 is 5.97 Å². The van der Waals surface area contributed by atoms with Gasteiger partial charge in [-0.2, -0.15) is 4.98 Å². The predicted molar refractivity (Wildman–Crippen MR) is 107 cm³/mol. The van der Waals surface area contributed by atoms with Crippen LogP contribution in [0.5, 0.6) is 0 Å². The molecule has 6 nitrogen and oxygen atoms in total. The molecule has 0 unspecified atom stereocenters. The molecule has 2 aromatic carbocycles. The van der Waals surface area contributed by atoms with Gasteiger partial charge in [0.05, 0.1) is 23.4 Å². The number of carbonyl (C=O) groups excluding carboxylic acids is 1. The Bertz CT molecular complexity index is 962. The fourth-order valence-corrected chi connectivity index (χ4v) is 2.69.